The smallest absolute Gasteiger partial charge is 0.370 e. The van der Waals surface area contributed by atoms with Crippen LogP contribution in [0.15, 0.2) is 37.2 Å². The molecule has 0 aliphatic rings. The summed E-state index contributed by atoms with van der Waals surface area (Å²) in [6, 6.07) is 6.30. The molecule has 2 rings (SSSR count). The van der Waals surface area contributed by atoms with E-state index < -0.39 is 6.03 Å². The first kappa shape index (κ1) is 19.6. The molecule has 1 aromatic heterocycles. The van der Waals surface area contributed by atoms with Gasteiger partial charge >= 0.3 is 6.03 Å². The fraction of sp³-hybridized carbons (Fsp3) is 0.188. The Morgan fingerprint density at radius 1 is 1.38 bits per heavy atom. The topological polar surface area (TPSA) is 129 Å². The zero-order valence-electron chi connectivity index (χ0n) is 14.1. The average molecular weight is 379 g/mol. The zero-order chi connectivity index (χ0) is 19.1. The number of nitrogens with one attached hydrogen (secondary N) is 1. The summed E-state index contributed by atoms with van der Waals surface area (Å²) in [5.74, 6) is 10.8. The second-order valence-electron chi connectivity index (χ2n) is 5.10. The third-order valence-electron chi connectivity index (χ3n) is 3.45. The van der Waals surface area contributed by atoms with E-state index in [2.05, 4.69) is 16.5 Å². The minimum absolute atomic E-state index is 0.123. The highest BCUT2D eigenvalue weighted by Crippen LogP contribution is 2.32. The van der Waals surface area contributed by atoms with Gasteiger partial charge in [0.25, 0.3) is 0 Å². The van der Waals surface area contributed by atoms with Gasteiger partial charge in [-0.3, -0.25) is 10.3 Å². The third kappa shape index (κ3) is 4.90. The van der Waals surface area contributed by atoms with Gasteiger partial charge in [0.2, 0.25) is 5.88 Å². The number of benzene rings is 1. The van der Waals surface area contributed by atoms with Crippen molar-refractivity contribution >= 4 is 23.2 Å². The molecule has 5 N–H and O–H groups in total. The van der Waals surface area contributed by atoms with Crippen molar-refractivity contribution in [2.24, 2.45) is 11.7 Å². The number of aromatic nitrogens is 2. The first-order valence-electron chi connectivity index (χ1n) is 7.48. The molecule has 138 valence electrons. The maximum absolute atomic E-state index is 11.2. The molecule has 1 aromatic carbocycles. The summed E-state index contributed by atoms with van der Waals surface area (Å²) >= 11 is 6.13. The molecular weight excluding hydrogens is 360 g/mol. The van der Waals surface area contributed by atoms with Crippen molar-refractivity contribution in [3.63, 3.8) is 0 Å². The summed E-state index contributed by atoms with van der Waals surface area (Å²) in [5.41, 5.74) is 4.84. The van der Waals surface area contributed by atoms with Gasteiger partial charge in [0, 0.05) is 16.7 Å². The van der Waals surface area contributed by atoms with E-state index in [0.717, 1.165) is 16.7 Å². The Bertz CT molecular complexity index is 801. The molecule has 0 saturated carbocycles. The predicted octanol–water partition coefficient (Wildman–Crippen LogP) is 1.90. The minimum Gasteiger partial charge on any atom is -0.481 e. The lowest BCUT2D eigenvalue weighted by Crippen LogP contribution is -2.47. The molecule has 0 unspecified atom stereocenters. The monoisotopic (exact) mass is 378 g/mol. The number of hydrogen-bond donors (Lipinski definition) is 3. The van der Waals surface area contributed by atoms with Gasteiger partial charge in [-0.05, 0) is 29.7 Å². The van der Waals surface area contributed by atoms with Gasteiger partial charge in [0.1, 0.15) is 6.33 Å². The van der Waals surface area contributed by atoms with Gasteiger partial charge in [-0.15, -0.1) is 5.17 Å². The van der Waals surface area contributed by atoms with Gasteiger partial charge in [0.05, 0.1) is 19.4 Å². The van der Waals surface area contributed by atoms with E-state index in [4.69, 9.17) is 32.9 Å². The second kappa shape index (κ2) is 9.11. The van der Waals surface area contributed by atoms with E-state index in [1.54, 1.807) is 18.2 Å². The molecule has 0 aliphatic heterocycles. The van der Waals surface area contributed by atoms with Crippen LogP contribution in [0.4, 0.5) is 4.79 Å². The lowest BCUT2D eigenvalue weighted by Gasteiger charge is -2.16. The maximum atomic E-state index is 11.2. The van der Waals surface area contributed by atoms with Crippen LogP contribution in [0.25, 0.3) is 16.8 Å². The van der Waals surface area contributed by atoms with E-state index in [9.17, 15) is 4.79 Å². The van der Waals surface area contributed by atoms with Crippen molar-refractivity contribution in [3.8, 4) is 17.1 Å². The number of urea groups is 1. The number of carbonyl (C=O) groups is 1. The Hall–Kier alpha value is -2.72. The van der Waals surface area contributed by atoms with Crippen LogP contribution >= 0.6 is 11.6 Å². The van der Waals surface area contributed by atoms with Gasteiger partial charge < -0.3 is 4.74 Å². The molecule has 0 atom stereocenters. The number of nitrogens with zero attached hydrogens (tertiary/aromatic N) is 3. The van der Waals surface area contributed by atoms with Crippen LogP contribution < -0.4 is 21.8 Å². The maximum Gasteiger partial charge on any atom is 0.370 e. The van der Waals surface area contributed by atoms with E-state index in [0.29, 0.717) is 28.2 Å². The Kier molecular flexibility index (Phi) is 6.87. The van der Waals surface area contributed by atoms with Gasteiger partial charge in [0.15, 0.2) is 0 Å². The number of hydrogen-bond acceptors (Lipinski definition) is 7. The largest absolute Gasteiger partial charge is 0.481 e. The minimum atomic E-state index is -0.768. The predicted molar refractivity (Wildman–Crippen MR) is 97.4 cm³/mol. The lowest BCUT2D eigenvalue weighted by atomic mass is 9.96. The standard InChI is InChI=1S/C16H19ClN6O3/c1-10(5-6-26-23(19)16(24)22-18)12-4-3-11(17)7-13(12)14-8-15(25-2)21-9-20-14/h3-4,7-9H,1,5-6,18-19H2,2H3,(H,22,24). The van der Waals surface area contributed by atoms with Crippen molar-refractivity contribution in [2.45, 2.75) is 6.42 Å². The highest BCUT2D eigenvalue weighted by molar-refractivity contribution is 6.31. The molecule has 0 aliphatic carbocycles. The highest BCUT2D eigenvalue weighted by atomic mass is 35.5. The van der Waals surface area contributed by atoms with Gasteiger partial charge in [-0.25, -0.2) is 26.4 Å². The number of hydrazine groups is 2. The van der Waals surface area contributed by atoms with Crippen LogP contribution in [0.3, 0.4) is 0 Å². The molecule has 0 fully saturated rings. The fourth-order valence-corrected chi connectivity index (χ4v) is 2.33. The summed E-state index contributed by atoms with van der Waals surface area (Å²) in [6.45, 7) is 4.19. The molecule has 26 heavy (non-hydrogen) atoms. The van der Waals surface area contributed by atoms with E-state index in [1.807, 2.05) is 11.5 Å². The Labute approximate surface area is 155 Å². The van der Waals surface area contributed by atoms with Crippen molar-refractivity contribution in [1.29, 1.82) is 0 Å². The van der Waals surface area contributed by atoms with Crippen molar-refractivity contribution < 1.29 is 14.4 Å². The van der Waals surface area contributed by atoms with Crippen molar-refractivity contribution in [3.05, 3.63) is 47.8 Å². The quantitative estimate of drug-likeness (QED) is 0.381. The summed E-state index contributed by atoms with van der Waals surface area (Å²) in [5, 5.41) is 1.07. The molecule has 0 spiro atoms. The number of halogens is 1. The number of rotatable bonds is 7. The second-order valence-corrected chi connectivity index (χ2v) is 5.53. The number of amides is 2. The SMILES string of the molecule is C=C(CCON(N)C(=O)NN)c1ccc(Cl)cc1-c1cc(OC)ncn1. The van der Waals surface area contributed by atoms with Crippen LogP contribution in [-0.2, 0) is 4.84 Å². The van der Waals surface area contributed by atoms with Crippen LogP contribution in [0, 0.1) is 0 Å². The van der Waals surface area contributed by atoms with Crippen LogP contribution in [0.1, 0.15) is 12.0 Å². The molecule has 0 saturated heterocycles. The summed E-state index contributed by atoms with van der Waals surface area (Å²) in [6.07, 6.45) is 1.81. The first-order valence-corrected chi connectivity index (χ1v) is 7.86. The fourth-order valence-electron chi connectivity index (χ4n) is 2.16. The first-order chi connectivity index (χ1) is 12.5. The van der Waals surface area contributed by atoms with Crippen LogP contribution in [-0.4, -0.2) is 34.9 Å². The molecular formula is C16H19ClN6O3. The van der Waals surface area contributed by atoms with E-state index in [-0.39, 0.29) is 6.61 Å². The molecule has 2 aromatic rings. The van der Waals surface area contributed by atoms with Crippen LogP contribution in [0.5, 0.6) is 5.88 Å². The Morgan fingerprint density at radius 3 is 2.85 bits per heavy atom. The number of hydroxylamine groups is 1. The number of ether oxygens (including phenoxy) is 1. The molecule has 0 radical (unpaired) electrons. The molecule has 0 bridgehead atoms. The molecule has 10 heteroatoms. The summed E-state index contributed by atoms with van der Waals surface area (Å²) in [7, 11) is 1.53. The normalized spacial score (nSPS) is 10.3. The summed E-state index contributed by atoms with van der Waals surface area (Å²) in [4.78, 5) is 24.5. The Balaban J connectivity index is 2.18. The van der Waals surface area contributed by atoms with E-state index in [1.165, 1.54) is 13.4 Å². The lowest BCUT2D eigenvalue weighted by molar-refractivity contribution is -0.117. The molecule has 2 amide bonds. The van der Waals surface area contributed by atoms with Gasteiger partial charge in [-0.1, -0.05) is 24.2 Å². The van der Waals surface area contributed by atoms with Gasteiger partial charge in [-0.2, -0.15) is 0 Å². The Morgan fingerprint density at radius 2 is 2.15 bits per heavy atom. The van der Waals surface area contributed by atoms with Crippen molar-refractivity contribution in [2.75, 3.05) is 13.7 Å². The highest BCUT2D eigenvalue weighted by Gasteiger charge is 2.13. The van der Waals surface area contributed by atoms with E-state index >= 15 is 0 Å². The number of carbonyl (C=O) groups excluding carboxylic acids is 1. The molecule has 1 heterocycles. The number of methoxy groups -OCH3 is 1. The third-order valence-corrected chi connectivity index (χ3v) is 3.68. The average Bonchev–Trinajstić information content (AvgIpc) is 2.66. The summed E-state index contributed by atoms with van der Waals surface area (Å²) < 4.78 is 5.14. The number of nitrogens with two attached hydrogens (primary N) is 2. The zero-order valence-corrected chi connectivity index (χ0v) is 14.9. The van der Waals surface area contributed by atoms with Crippen molar-refractivity contribution in [1.82, 2.24) is 20.6 Å². The molecule has 9 nitrogen and oxygen atoms in total. The van der Waals surface area contributed by atoms with Crippen LogP contribution in [0.2, 0.25) is 5.02 Å².